The largest absolute Gasteiger partial charge is 0.467 e. The molecule has 1 heterocycles. The van der Waals surface area contributed by atoms with Crippen molar-refractivity contribution in [3.63, 3.8) is 0 Å². The number of methoxy groups -OCH3 is 1. The minimum absolute atomic E-state index is 0.285. The number of hydrogen-bond donors (Lipinski definition) is 1. The zero-order valence-corrected chi connectivity index (χ0v) is 15.7. The molecule has 28 heavy (non-hydrogen) atoms. The van der Waals surface area contributed by atoms with Gasteiger partial charge in [-0.1, -0.05) is 48.5 Å². The van der Waals surface area contributed by atoms with Gasteiger partial charge in [-0.15, -0.1) is 0 Å². The molecule has 0 bridgehead atoms. The molecule has 2 aromatic carbocycles. The van der Waals surface area contributed by atoms with Crippen LogP contribution in [0.15, 0.2) is 60.7 Å². The maximum absolute atomic E-state index is 13.1. The number of nitrogens with zero attached hydrogens (tertiary/aromatic N) is 1. The molecular weight excluding hydrogens is 352 g/mol. The normalized spacial score (nSPS) is 14.5. The molecule has 5 heteroatoms. The highest BCUT2D eigenvalue weighted by atomic mass is 16.5. The monoisotopic (exact) mass is 374 g/mol. The van der Waals surface area contributed by atoms with Gasteiger partial charge < -0.3 is 10.1 Å². The number of aromatic nitrogens is 1. The predicted molar refractivity (Wildman–Crippen MR) is 107 cm³/mol. The first-order valence-electron chi connectivity index (χ1n) is 9.48. The van der Waals surface area contributed by atoms with Gasteiger partial charge in [0.1, 0.15) is 6.04 Å². The minimum atomic E-state index is -0.754. The molecule has 1 aliphatic rings. The lowest BCUT2D eigenvalue weighted by Crippen LogP contribution is -2.43. The predicted octanol–water partition coefficient (Wildman–Crippen LogP) is 3.63. The molecule has 0 saturated heterocycles. The van der Waals surface area contributed by atoms with Gasteiger partial charge in [-0.05, 0) is 30.5 Å². The van der Waals surface area contributed by atoms with E-state index in [-0.39, 0.29) is 5.91 Å². The maximum atomic E-state index is 13.1. The van der Waals surface area contributed by atoms with Gasteiger partial charge in [0.2, 0.25) is 0 Å². The van der Waals surface area contributed by atoms with Gasteiger partial charge in [0, 0.05) is 23.4 Å². The Morgan fingerprint density at radius 2 is 1.82 bits per heavy atom. The topological polar surface area (TPSA) is 68.3 Å². The Kier molecular flexibility index (Phi) is 5.06. The second-order valence-electron chi connectivity index (χ2n) is 7.13. The van der Waals surface area contributed by atoms with Crippen molar-refractivity contribution in [1.82, 2.24) is 10.3 Å². The summed E-state index contributed by atoms with van der Waals surface area (Å²) in [5.41, 5.74) is 3.25. The summed E-state index contributed by atoms with van der Waals surface area (Å²) in [5, 5.41) is 3.65. The maximum Gasteiger partial charge on any atom is 0.328 e. The second-order valence-corrected chi connectivity index (χ2v) is 7.13. The number of rotatable bonds is 6. The number of amides is 1. The lowest BCUT2D eigenvalue weighted by Gasteiger charge is -2.18. The van der Waals surface area contributed by atoms with Crippen LogP contribution in [0.25, 0.3) is 10.9 Å². The molecule has 5 nitrogen and oxygen atoms in total. The molecule has 142 valence electrons. The smallest absolute Gasteiger partial charge is 0.328 e. The third-order valence-corrected chi connectivity index (χ3v) is 5.05. The van der Waals surface area contributed by atoms with Crippen LogP contribution in [0.3, 0.4) is 0 Å². The molecule has 1 aromatic heterocycles. The number of para-hydroxylation sites is 1. The number of carbonyl (C=O) groups is 2. The summed E-state index contributed by atoms with van der Waals surface area (Å²) in [6.45, 7) is 0. The number of carbonyl (C=O) groups excluding carboxylic acids is 2. The van der Waals surface area contributed by atoms with Gasteiger partial charge in [-0.2, -0.15) is 0 Å². The molecule has 1 saturated carbocycles. The molecule has 1 N–H and O–H groups in total. The fourth-order valence-corrected chi connectivity index (χ4v) is 3.39. The number of pyridine rings is 1. The van der Waals surface area contributed by atoms with Crippen molar-refractivity contribution in [2.24, 2.45) is 0 Å². The van der Waals surface area contributed by atoms with E-state index in [2.05, 4.69) is 5.32 Å². The van der Waals surface area contributed by atoms with E-state index in [0.717, 1.165) is 35.0 Å². The van der Waals surface area contributed by atoms with Crippen molar-refractivity contribution in [3.8, 4) is 0 Å². The van der Waals surface area contributed by atoms with Crippen molar-refractivity contribution >= 4 is 22.8 Å². The van der Waals surface area contributed by atoms with E-state index in [1.54, 1.807) is 0 Å². The Bertz CT molecular complexity index is 1010. The quantitative estimate of drug-likeness (QED) is 0.669. The lowest BCUT2D eigenvalue weighted by atomic mass is 10.0. The molecule has 1 amide bonds. The number of benzene rings is 2. The Hall–Kier alpha value is -3.21. The second kappa shape index (κ2) is 7.80. The molecule has 1 aliphatic carbocycles. The molecule has 1 fully saturated rings. The minimum Gasteiger partial charge on any atom is -0.467 e. The molecule has 1 atom stereocenters. The van der Waals surface area contributed by atoms with Crippen LogP contribution < -0.4 is 5.32 Å². The van der Waals surface area contributed by atoms with Crippen LogP contribution in [-0.4, -0.2) is 30.0 Å². The highest BCUT2D eigenvalue weighted by Gasteiger charge is 2.28. The van der Waals surface area contributed by atoms with Crippen molar-refractivity contribution in [3.05, 3.63) is 77.5 Å². The number of hydrogen-bond acceptors (Lipinski definition) is 4. The summed E-state index contributed by atoms with van der Waals surface area (Å²) in [4.78, 5) is 30.1. The van der Waals surface area contributed by atoms with Gasteiger partial charge in [0.15, 0.2) is 0 Å². The zero-order chi connectivity index (χ0) is 19.5. The van der Waals surface area contributed by atoms with Crippen molar-refractivity contribution in [2.45, 2.75) is 31.2 Å². The van der Waals surface area contributed by atoms with Gasteiger partial charge in [0.05, 0.1) is 18.2 Å². The SMILES string of the molecule is COC(=O)[C@H](Cc1ccccc1)NC(=O)c1cc(C2CC2)nc2ccccc12. The standard InChI is InChI=1S/C23H22N2O3/c1-28-23(27)21(13-15-7-3-2-4-8-15)25-22(26)18-14-20(16-11-12-16)24-19-10-6-5-9-17(18)19/h2-10,14,16,21H,11-13H2,1H3,(H,25,26)/t21-/m0/s1. The summed E-state index contributed by atoms with van der Waals surface area (Å²) < 4.78 is 4.91. The van der Waals surface area contributed by atoms with Crippen molar-refractivity contribution in [2.75, 3.05) is 7.11 Å². The summed E-state index contributed by atoms with van der Waals surface area (Å²) in [5.74, 6) is -0.318. The fraction of sp³-hybridized carbons (Fsp3) is 0.261. The first kappa shape index (κ1) is 18.2. The summed E-state index contributed by atoms with van der Waals surface area (Å²) in [6.07, 6.45) is 2.58. The van der Waals surface area contributed by atoms with Crippen LogP contribution in [0.1, 0.15) is 40.4 Å². The Morgan fingerprint density at radius 3 is 2.54 bits per heavy atom. The van der Waals surface area contributed by atoms with E-state index >= 15 is 0 Å². The Morgan fingerprint density at radius 1 is 1.11 bits per heavy atom. The average molecular weight is 374 g/mol. The van der Waals surface area contributed by atoms with Crippen LogP contribution in [-0.2, 0) is 16.0 Å². The summed E-state index contributed by atoms with van der Waals surface area (Å²) in [7, 11) is 1.33. The fourth-order valence-electron chi connectivity index (χ4n) is 3.39. The van der Waals surface area contributed by atoms with Gasteiger partial charge >= 0.3 is 5.97 Å². The number of fused-ring (bicyclic) bond motifs is 1. The molecular formula is C23H22N2O3. The van der Waals surface area contributed by atoms with E-state index < -0.39 is 12.0 Å². The molecule has 0 spiro atoms. The summed E-state index contributed by atoms with van der Waals surface area (Å²) in [6, 6.07) is 18.3. The average Bonchev–Trinajstić information content (AvgIpc) is 3.58. The van der Waals surface area contributed by atoms with E-state index in [1.807, 2.05) is 60.7 Å². The van der Waals surface area contributed by atoms with Gasteiger partial charge in [-0.3, -0.25) is 9.78 Å². The van der Waals surface area contributed by atoms with E-state index in [4.69, 9.17) is 9.72 Å². The van der Waals surface area contributed by atoms with E-state index in [0.29, 0.717) is 17.9 Å². The molecule has 3 aromatic rings. The number of nitrogens with one attached hydrogen (secondary N) is 1. The van der Waals surface area contributed by atoms with Crippen LogP contribution in [0.2, 0.25) is 0 Å². The lowest BCUT2D eigenvalue weighted by molar-refractivity contribution is -0.142. The third kappa shape index (κ3) is 3.88. The van der Waals surface area contributed by atoms with Crippen molar-refractivity contribution < 1.29 is 14.3 Å². The molecule has 4 rings (SSSR count). The number of ether oxygens (including phenoxy) is 1. The van der Waals surface area contributed by atoms with Crippen LogP contribution in [0, 0.1) is 0 Å². The molecule has 0 aliphatic heterocycles. The van der Waals surface area contributed by atoms with Gasteiger partial charge in [0.25, 0.3) is 5.91 Å². The Labute approximate surface area is 163 Å². The zero-order valence-electron chi connectivity index (χ0n) is 15.7. The highest BCUT2D eigenvalue weighted by Crippen LogP contribution is 2.40. The van der Waals surface area contributed by atoms with Gasteiger partial charge in [-0.25, -0.2) is 4.79 Å². The van der Waals surface area contributed by atoms with Crippen LogP contribution in [0.5, 0.6) is 0 Å². The Balaban J connectivity index is 1.64. The van der Waals surface area contributed by atoms with E-state index in [1.165, 1.54) is 7.11 Å². The van der Waals surface area contributed by atoms with Crippen molar-refractivity contribution in [1.29, 1.82) is 0 Å². The molecule has 0 unspecified atom stereocenters. The third-order valence-electron chi connectivity index (χ3n) is 5.05. The first-order valence-corrected chi connectivity index (χ1v) is 9.48. The van der Waals surface area contributed by atoms with Crippen LogP contribution >= 0.6 is 0 Å². The van der Waals surface area contributed by atoms with E-state index in [9.17, 15) is 9.59 Å². The van der Waals surface area contributed by atoms with Crippen LogP contribution in [0.4, 0.5) is 0 Å². The molecule has 0 radical (unpaired) electrons. The summed E-state index contributed by atoms with van der Waals surface area (Å²) >= 11 is 0. The first-order chi connectivity index (χ1) is 13.7. The highest BCUT2D eigenvalue weighted by molar-refractivity contribution is 6.07. The number of esters is 1.